The van der Waals surface area contributed by atoms with Crippen LogP contribution in [-0.2, 0) is 14.3 Å². The zero-order valence-electron chi connectivity index (χ0n) is 15.8. The number of Topliss-reactive ketones (excluding diaryl/α,β-unsaturated/α-hetero) is 1. The molecule has 0 aliphatic heterocycles. The van der Waals surface area contributed by atoms with Crippen LogP contribution in [0.2, 0.25) is 0 Å². The van der Waals surface area contributed by atoms with Crippen LogP contribution in [-0.4, -0.2) is 58.6 Å². The molecule has 1 aliphatic carbocycles. The van der Waals surface area contributed by atoms with Crippen molar-refractivity contribution in [3.05, 3.63) is 42.5 Å². The van der Waals surface area contributed by atoms with Gasteiger partial charge in [-0.1, -0.05) is 30.4 Å². The summed E-state index contributed by atoms with van der Waals surface area (Å²) in [4.78, 5) is 22.6. The lowest BCUT2D eigenvalue weighted by Crippen LogP contribution is -2.34. The number of carbonyl (C=O) groups excluding carboxylic acids is 1. The molecule has 0 radical (unpaired) electrons. The second-order valence-electron chi connectivity index (χ2n) is 6.91. The Kier molecular flexibility index (Phi) is 9.13. The summed E-state index contributed by atoms with van der Waals surface area (Å²) in [6, 6.07) is 9.10. The second kappa shape index (κ2) is 11.6. The third-order valence-electron chi connectivity index (χ3n) is 4.58. The largest absolute Gasteiger partial charge is 0.491 e. The molecular weight excluding hydrogens is 364 g/mol. The van der Waals surface area contributed by atoms with E-state index in [1.807, 2.05) is 30.4 Å². The van der Waals surface area contributed by atoms with Gasteiger partial charge in [-0.25, -0.2) is 0 Å². The van der Waals surface area contributed by atoms with Gasteiger partial charge in [0.15, 0.2) is 0 Å². The van der Waals surface area contributed by atoms with Crippen molar-refractivity contribution in [2.24, 2.45) is 5.92 Å². The molecule has 7 heteroatoms. The van der Waals surface area contributed by atoms with Gasteiger partial charge < -0.3 is 24.8 Å². The van der Waals surface area contributed by atoms with E-state index in [0.717, 1.165) is 0 Å². The van der Waals surface area contributed by atoms with E-state index in [1.165, 1.54) is 0 Å². The summed E-state index contributed by atoms with van der Waals surface area (Å²) in [5.74, 6) is -0.718. The number of allylic oxidation sites excluding steroid dienone is 2. The first-order valence-corrected chi connectivity index (χ1v) is 9.52. The summed E-state index contributed by atoms with van der Waals surface area (Å²) in [6.45, 7) is 0.00951. The second-order valence-corrected chi connectivity index (χ2v) is 6.91. The van der Waals surface area contributed by atoms with Gasteiger partial charge in [-0.3, -0.25) is 9.59 Å². The molecule has 0 saturated heterocycles. The van der Waals surface area contributed by atoms with Gasteiger partial charge in [0.25, 0.3) is 0 Å². The Labute approximate surface area is 164 Å². The number of ether oxygens (including phenoxy) is 2. The third-order valence-corrected chi connectivity index (χ3v) is 4.58. The molecule has 3 N–H and O–H groups in total. The molecule has 2 rings (SSSR count). The van der Waals surface area contributed by atoms with E-state index in [-0.39, 0.29) is 31.8 Å². The highest BCUT2D eigenvalue weighted by Gasteiger charge is 2.41. The lowest BCUT2D eigenvalue weighted by molar-refractivity contribution is -0.137. The molecule has 0 aromatic heterocycles. The molecule has 0 amide bonds. The molecule has 1 fully saturated rings. The van der Waals surface area contributed by atoms with Gasteiger partial charge in [-0.15, -0.1) is 0 Å². The smallest absolute Gasteiger partial charge is 0.303 e. The van der Waals surface area contributed by atoms with Crippen LogP contribution in [0.15, 0.2) is 42.5 Å². The first kappa shape index (κ1) is 22.1. The third kappa shape index (κ3) is 7.42. The van der Waals surface area contributed by atoms with Gasteiger partial charge in [0, 0.05) is 18.8 Å². The molecule has 28 heavy (non-hydrogen) atoms. The van der Waals surface area contributed by atoms with Crippen molar-refractivity contribution in [2.75, 3.05) is 13.2 Å². The van der Waals surface area contributed by atoms with E-state index in [4.69, 9.17) is 14.6 Å². The van der Waals surface area contributed by atoms with Crippen LogP contribution in [0.25, 0.3) is 0 Å². The maximum absolute atomic E-state index is 12.1. The summed E-state index contributed by atoms with van der Waals surface area (Å²) in [5, 5.41) is 28.8. The number of hydrogen-bond acceptors (Lipinski definition) is 6. The van der Waals surface area contributed by atoms with E-state index >= 15 is 0 Å². The lowest BCUT2D eigenvalue weighted by atomic mass is 9.99. The highest BCUT2D eigenvalue weighted by Crippen LogP contribution is 2.29. The monoisotopic (exact) mass is 392 g/mol. The standard InChI is InChI=1S/C21H28O7/c22-15(13-27-16-8-4-3-5-9-16)14-28-21-17(18(23)12-19(21)24)10-6-1-2-7-11-20(25)26/h1,3-6,8-9,15,17,19,21-22,24H,2,7,10-14H2,(H,25,26)/t15?,17-,19+,21+/m0/s1. The summed E-state index contributed by atoms with van der Waals surface area (Å²) in [5.41, 5.74) is 0. The van der Waals surface area contributed by atoms with Crippen LogP contribution < -0.4 is 4.74 Å². The summed E-state index contributed by atoms with van der Waals surface area (Å²) in [7, 11) is 0. The van der Waals surface area contributed by atoms with Crippen LogP contribution in [0.1, 0.15) is 32.1 Å². The predicted molar refractivity (Wildman–Crippen MR) is 102 cm³/mol. The number of aliphatic hydroxyl groups is 2. The van der Waals surface area contributed by atoms with Gasteiger partial charge in [0.2, 0.25) is 0 Å². The predicted octanol–water partition coefficient (Wildman–Crippen LogP) is 1.96. The Morgan fingerprint density at radius 3 is 2.68 bits per heavy atom. The van der Waals surface area contributed by atoms with Crippen LogP contribution in [0.3, 0.4) is 0 Å². The summed E-state index contributed by atoms with van der Waals surface area (Å²) < 4.78 is 11.1. The Hall–Kier alpha value is -2.22. The fourth-order valence-corrected chi connectivity index (χ4v) is 3.13. The molecule has 1 saturated carbocycles. The van der Waals surface area contributed by atoms with E-state index in [0.29, 0.717) is 25.0 Å². The number of aliphatic hydroxyl groups excluding tert-OH is 2. The fraction of sp³-hybridized carbons (Fsp3) is 0.524. The highest BCUT2D eigenvalue weighted by molar-refractivity contribution is 5.85. The maximum atomic E-state index is 12.1. The molecular formula is C21H28O7. The molecule has 0 spiro atoms. The van der Waals surface area contributed by atoms with E-state index in [9.17, 15) is 19.8 Å². The molecule has 1 aromatic rings. The first-order valence-electron chi connectivity index (χ1n) is 9.52. The van der Waals surface area contributed by atoms with Crippen molar-refractivity contribution >= 4 is 11.8 Å². The van der Waals surface area contributed by atoms with Gasteiger partial charge in [-0.05, 0) is 31.4 Å². The van der Waals surface area contributed by atoms with Crippen LogP contribution in [0.4, 0.5) is 0 Å². The fourth-order valence-electron chi connectivity index (χ4n) is 3.13. The lowest BCUT2D eigenvalue weighted by Gasteiger charge is -2.22. The minimum absolute atomic E-state index is 0.0405. The summed E-state index contributed by atoms with van der Waals surface area (Å²) in [6.07, 6.45) is 2.98. The number of ketones is 1. The van der Waals surface area contributed by atoms with Gasteiger partial charge in [-0.2, -0.15) is 0 Å². The number of para-hydroxylation sites is 1. The van der Waals surface area contributed by atoms with Gasteiger partial charge in [0.1, 0.15) is 24.2 Å². The van der Waals surface area contributed by atoms with Crippen LogP contribution in [0, 0.1) is 5.92 Å². The number of carboxylic acids is 1. The van der Waals surface area contributed by atoms with Crippen molar-refractivity contribution in [1.82, 2.24) is 0 Å². The SMILES string of the molecule is O=C(O)CCCC=CC[C@H]1C(=O)C[C@@H](O)[C@@H]1OCC(O)COc1ccccc1. The molecule has 0 bridgehead atoms. The molecule has 154 valence electrons. The van der Waals surface area contributed by atoms with E-state index in [1.54, 1.807) is 12.1 Å². The number of carboxylic acid groups (broad SMARTS) is 1. The Morgan fingerprint density at radius 2 is 1.96 bits per heavy atom. The van der Waals surface area contributed by atoms with E-state index < -0.39 is 30.2 Å². The molecule has 7 nitrogen and oxygen atoms in total. The zero-order chi connectivity index (χ0) is 20.4. The van der Waals surface area contributed by atoms with Crippen molar-refractivity contribution in [3.8, 4) is 5.75 Å². The minimum Gasteiger partial charge on any atom is -0.491 e. The average molecular weight is 392 g/mol. The van der Waals surface area contributed by atoms with Crippen LogP contribution >= 0.6 is 0 Å². The zero-order valence-corrected chi connectivity index (χ0v) is 15.8. The van der Waals surface area contributed by atoms with Crippen molar-refractivity contribution in [1.29, 1.82) is 0 Å². The molecule has 1 aliphatic rings. The number of benzene rings is 1. The average Bonchev–Trinajstić information content (AvgIpc) is 2.94. The van der Waals surface area contributed by atoms with Gasteiger partial charge >= 0.3 is 5.97 Å². The van der Waals surface area contributed by atoms with E-state index in [2.05, 4.69) is 0 Å². The number of rotatable bonds is 12. The number of unbranched alkanes of at least 4 members (excludes halogenated alkanes) is 1. The van der Waals surface area contributed by atoms with Crippen molar-refractivity contribution in [2.45, 2.75) is 50.4 Å². The molecule has 1 aromatic carbocycles. The molecule has 1 unspecified atom stereocenters. The molecule has 4 atom stereocenters. The number of aliphatic carboxylic acids is 1. The first-order chi connectivity index (χ1) is 13.5. The normalized spacial score (nSPS) is 23.2. The Balaban J connectivity index is 1.75. The number of carbonyl (C=O) groups is 2. The number of hydrogen-bond donors (Lipinski definition) is 3. The van der Waals surface area contributed by atoms with Gasteiger partial charge in [0.05, 0.1) is 18.8 Å². The van der Waals surface area contributed by atoms with Crippen LogP contribution in [0.5, 0.6) is 5.75 Å². The Bertz CT molecular complexity index is 643. The highest BCUT2D eigenvalue weighted by atomic mass is 16.5. The molecule has 0 heterocycles. The van der Waals surface area contributed by atoms with Crippen molar-refractivity contribution < 1.29 is 34.4 Å². The quantitative estimate of drug-likeness (QED) is 0.368. The minimum atomic E-state index is -0.889. The maximum Gasteiger partial charge on any atom is 0.303 e. The van der Waals surface area contributed by atoms with Crippen molar-refractivity contribution in [3.63, 3.8) is 0 Å². The Morgan fingerprint density at radius 1 is 1.21 bits per heavy atom. The topological polar surface area (TPSA) is 113 Å². The summed E-state index contributed by atoms with van der Waals surface area (Å²) >= 11 is 0.